The lowest BCUT2D eigenvalue weighted by Crippen LogP contribution is -2.29. The molecule has 5 nitrogen and oxygen atoms in total. The Hall–Kier alpha value is -1.88. The van der Waals surface area contributed by atoms with Crippen molar-refractivity contribution in [3.63, 3.8) is 0 Å². The molecule has 2 aromatic rings. The van der Waals surface area contributed by atoms with Crippen LogP contribution in [0.25, 0.3) is 0 Å². The van der Waals surface area contributed by atoms with Crippen LogP contribution < -0.4 is 10.5 Å². The molecule has 0 radical (unpaired) electrons. The van der Waals surface area contributed by atoms with E-state index in [1.807, 2.05) is 32.2 Å². The first-order valence-electron chi connectivity index (χ1n) is 6.75. The normalized spacial score (nSPS) is 11.7. The van der Waals surface area contributed by atoms with Gasteiger partial charge in [0.25, 0.3) is 0 Å². The van der Waals surface area contributed by atoms with Crippen molar-refractivity contribution < 1.29 is 4.74 Å². The van der Waals surface area contributed by atoms with Crippen molar-refractivity contribution in [1.82, 2.24) is 15.0 Å². The highest BCUT2D eigenvalue weighted by Crippen LogP contribution is 2.16. The minimum atomic E-state index is -0.466. The summed E-state index contributed by atoms with van der Waals surface area (Å²) >= 11 is 0. The Balaban J connectivity index is 1.91. The molecule has 108 valence electrons. The largest absolute Gasteiger partial charge is 0.492 e. The molecule has 0 aliphatic carbocycles. The average molecular weight is 274 g/mol. The van der Waals surface area contributed by atoms with Crippen LogP contribution in [-0.2, 0) is 12.1 Å². The second kappa shape index (κ2) is 5.63. The second-order valence-electron chi connectivity index (χ2n) is 5.76. The van der Waals surface area contributed by atoms with Crippen molar-refractivity contribution in [2.24, 2.45) is 5.73 Å². The van der Waals surface area contributed by atoms with Gasteiger partial charge < -0.3 is 10.5 Å². The van der Waals surface area contributed by atoms with Gasteiger partial charge in [0.15, 0.2) is 0 Å². The van der Waals surface area contributed by atoms with E-state index in [0.29, 0.717) is 13.2 Å². The Morgan fingerprint density at radius 1 is 1.20 bits per heavy atom. The zero-order valence-electron chi connectivity index (χ0n) is 12.6. The SMILES string of the molecule is Cc1cc(C)cc(OCCn2cc(C(C)(C)N)nn2)c1. The smallest absolute Gasteiger partial charge is 0.119 e. The molecule has 5 heteroatoms. The predicted molar refractivity (Wildman–Crippen MR) is 78.6 cm³/mol. The van der Waals surface area contributed by atoms with Crippen LogP contribution in [0, 0.1) is 13.8 Å². The fourth-order valence-corrected chi connectivity index (χ4v) is 1.98. The van der Waals surface area contributed by atoms with Gasteiger partial charge in [-0.25, -0.2) is 4.68 Å². The lowest BCUT2D eigenvalue weighted by Gasteiger charge is -2.13. The number of ether oxygens (including phenoxy) is 1. The van der Waals surface area contributed by atoms with Crippen molar-refractivity contribution in [2.45, 2.75) is 39.8 Å². The van der Waals surface area contributed by atoms with Crippen molar-refractivity contribution in [3.05, 3.63) is 41.2 Å². The number of aryl methyl sites for hydroxylation is 2. The standard InChI is InChI=1S/C15H22N4O/c1-11-7-12(2)9-13(8-11)20-6-5-19-10-14(17-18-19)15(3,4)16/h7-10H,5-6,16H2,1-4H3. The number of nitrogens with zero attached hydrogens (tertiary/aromatic N) is 3. The molecule has 0 saturated heterocycles. The quantitative estimate of drug-likeness (QED) is 0.907. The third-order valence-corrected chi connectivity index (χ3v) is 2.98. The summed E-state index contributed by atoms with van der Waals surface area (Å²) in [5.41, 5.74) is 8.70. The second-order valence-corrected chi connectivity index (χ2v) is 5.76. The molecular formula is C15H22N4O. The van der Waals surface area contributed by atoms with Gasteiger partial charge in [0.1, 0.15) is 18.1 Å². The van der Waals surface area contributed by atoms with Crippen molar-refractivity contribution in [1.29, 1.82) is 0 Å². The van der Waals surface area contributed by atoms with Gasteiger partial charge in [0, 0.05) is 0 Å². The molecular weight excluding hydrogens is 252 g/mol. The number of nitrogens with two attached hydrogens (primary N) is 1. The van der Waals surface area contributed by atoms with Crippen LogP contribution in [0.1, 0.15) is 30.7 Å². The van der Waals surface area contributed by atoms with Crippen LogP contribution >= 0.6 is 0 Å². The van der Waals surface area contributed by atoms with Crippen LogP contribution in [0.4, 0.5) is 0 Å². The summed E-state index contributed by atoms with van der Waals surface area (Å²) < 4.78 is 7.50. The average Bonchev–Trinajstić information content (AvgIpc) is 2.76. The fourth-order valence-electron chi connectivity index (χ4n) is 1.98. The summed E-state index contributed by atoms with van der Waals surface area (Å²) in [5.74, 6) is 0.891. The maximum absolute atomic E-state index is 5.98. The summed E-state index contributed by atoms with van der Waals surface area (Å²) in [7, 11) is 0. The van der Waals surface area contributed by atoms with Gasteiger partial charge in [0.2, 0.25) is 0 Å². The molecule has 0 fully saturated rings. The van der Waals surface area contributed by atoms with E-state index in [0.717, 1.165) is 11.4 Å². The molecule has 1 heterocycles. The van der Waals surface area contributed by atoms with E-state index in [1.165, 1.54) is 11.1 Å². The van der Waals surface area contributed by atoms with Gasteiger partial charge in [-0.2, -0.15) is 0 Å². The lowest BCUT2D eigenvalue weighted by atomic mass is 10.0. The summed E-state index contributed by atoms with van der Waals surface area (Å²) in [6, 6.07) is 6.19. The molecule has 2 N–H and O–H groups in total. The molecule has 0 aliphatic rings. The number of benzene rings is 1. The Kier molecular flexibility index (Phi) is 4.09. The van der Waals surface area contributed by atoms with Gasteiger partial charge in [-0.15, -0.1) is 5.10 Å². The third-order valence-electron chi connectivity index (χ3n) is 2.98. The lowest BCUT2D eigenvalue weighted by molar-refractivity contribution is 0.289. The van der Waals surface area contributed by atoms with Crippen LogP contribution in [0.15, 0.2) is 24.4 Å². The minimum Gasteiger partial charge on any atom is -0.492 e. The zero-order chi connectivity index (χ0) is 14.8. The van der Waals surface area contributed by atoms with Gasteiger partial charge in [-0.1, -0.05) is 11.3 Å². The van der Waals surface area contributed by atoms with E-state index in [-0.39, 0.29) is 0 Å². The number of hydrogen-bond donors (Lipinski definition) is 1. The van der Waals surface area contributed by atoms with E-state index >= 15 is 0 Å². The molecule has 0 amide bonds. The van der Waals surface area contributed by atoms with Gasteiger partial charge in [-0.05, 0) is 51.0 Å². The highest BCUT2D eigenvalue weighted by Gasteiger charge is 2.18. The summed E-state index contributed by atoms with van der Waals surface area (Å²) in [4.78, 5) is 0. The maximum Gasteiger partial charge on any atom is 0.119 e. The van der Waals surface area contributed by atoms with Gasteiger partial charge in [-0.3, -0.25) is 0 Å². The molecule has 0 spiro atoms. The van der Waals surface area contributed by atoms with E-state index in [4.69, 9.17) is 10.5 Å². The Labute approximate surface area is 119 Å². The summed E-state index contributed by atoms with van der Waals surface area (Å²) in [6.45, 7) is 9.15. The van der Waals surface area contributed by atoms with Crippen molar-refractivity contribution in [3.8, 4) is 5.75 Å². The highest BCUT2D eigenvalue weighted by molar-refractivity contribution is 5.32. The molecule has 0 unspecified atom stereocenters. The van der Waals surface area contributed by atoms with Crippen LogP contribution in [0.2, 0.25) is 0 Å². The van der Waals surface area contributed by atoms with Gasteiger partial charge in [0.05, 0.1) is 18.3 Å². The van der Waals surface area contributed by atoms with Crippen molar-refractivity contribution >= 4 is 0 Å². The summed E-state index contributed by atoms with van der Waals surface area (Å²) in [5, 5.41) is 8.13. The molecule has 0 aliphatic heterocycles. The van der Waals surface area contributed by atoms with Crippen LogP contribution in [-0.4, -0.2) is 21.6 Å². The number of rotatable bonds is 5. The monoisotopic (exact) mass is 274 g/mol. The number of aromatic nitrogens is 3. The first kappa shape index (κ1) is 14.5. The molecule has 1 aromatic carbocycles. The predicted octanol–water partition coefficient (Wildman–Crippen LogP) is 2.17. The van der Waals surface area contributed by atoms with Crippen LogP contribution in [0.5, 0.6) is 5.75 Å². The number of hydrogen-bond acceptors (Lipinski definition) is 4. The van der Waals surface area contributed by atoms with Crippen LogP contribution in [0.3, 0.4) is 0 Å². The van der Waals surface area contributed by atoms with E-state index < -0.39 is 5.54 Å². The van der Waals surface area contributed by atoms with E-state index in [1.54, 1.807) is 4.68 Å². The first-order chi connectivity index (χ1) is 9.34. The Morgan fingerprint density at radius 3 is 2.40 bits per heavy atom. The maximum atomic E-state index is 5.98. The minimum absolute atomic E-state index is 0.466. The van der Waals surface area contributed by atoms with Gasteiger partial charge >= 0.3 is 0 Å². The van der Waals surface area contributed by atoms with E-state index in [2.05, 4.69) is 30.2 Å². The Morgan fingerprint density at radius 2 is 1.85 bits per heavy atom. The summed E-state index contributed by atoms with van der Waals surface area (Å²) in [6.07, 6.45) is 1.87. The Bertz CT molecular complexity index is 564. The topological polar surface area (TPSA) is 66.0 Å². The zero-order valence-corrected chi connectivity index (χ0v) is 12.6. The first-order valence-corrected chi connectivity index (χ1v) is 6.75. The van der Waals surface area contributed by atoms with Crippen molar-refractivity contribution in [2.75, 3.05) is 6.61 Å². The molecule has 0 bridgehead atoms. The molecule has 2 rings (SSSR count). The third kappa shape index (κ3) is 3.81. The molecule has 1 aromatic heterocycles. The molecule has 0 atom stereocenters. The fraction of sp³-hybridized carbons (Fsp3) is 0.467. The highest BCUT2D eigenvalue weighted by atomic mass is 16.5. The van der Waals surface area contributed by atoms with E-state index in [9.17, 15) is 0 Å². The molecule has 0 saturated carbocycles. The molecule has 20 heavy (non-hydrogen) atoms.